The summed E-state index contributed by atoms with van der Waals surface area (Å²) in [5, 5.41) is 9.31. The van der Waals surface area contributed by atoms with Gasteiger partial charge in [-0.25, -0.2) is 13.1 Å². The first-order valence-electron chi connectivity index (χ1n) is 6.25. The summed E-state index contributed by atoms with van der Waals surface area (Å²) in [5.74, 6) is -0.135. The van der Waals surface area contributed by atoms with E-state index in [9.17, 15) is 13.5 Å². The Kier molecular flexibility index (Phi) is 5.38. The number of benzene rings is 1. The second kappa shape index (κ2) is 6.43. The first-order valence-corrected chi connectivity index (χ1v) is 7.73. The van der Waals surface area contributed by atoms with Crippen molar-refractivity contribution in [2.45, 2.75) is 25.2 Å². The Labute approximate surface area is 120 Å². The van der Waals surface area contributed by atoms with E-state index >= 15 is 0 Å². The summed E-state index contributed by atoms with van der Waals surface area (Å²) in [5.41, 5.74) is 5.32. The Morgan fingerprint density at radius 1 is 1.40 bits per heavy atom. The van der Waals surface area contributed by atoms with E-state index in [-0.39, 0.29) is 21.7 Å². The highest BCUT2D eigenvalue weighted by molar-refractivity contribution is 7.89. The molecule has 0 aliphatic carbocycles. The third kappa shape index (κ3) is 4.66. The lowest BCUT2D eigenvalue weighted by Crippen LogP contribution is -2.34. The van der Waals surface area contributed by atoms with E-state index in [4.69, 9.17) is 10.5 Å². The van der Waals surface area contributed by atoms with Crippen LogP contribution in [0.5, 0.6) is 5.75 Å². The fourth-order valence-corrected chi connectivity index (χ4v) is 2.82. The fraction of sp³-hybridized carbons (Fsp3) is 0.538. The molecule has 0 radical (unpaired) electrons. The number of aromatic hydroxyl groups is 1. The van der Waals surface area contributed by atoms with Crippen molar-refractivity contribution in [3.8, 4) is 5.75 Å². The highest BCUT2D eigenvalue weighted by atomic mass is 32.2. The van der Waals surface area contributed by atoms with Gasteiger partial charge in [0.15, 0.2) is 0 Å². The Balaban J connectivity index is 2.77. The summed E-state index contributed by atoms with van der Waals surface area (Å²) in [6.07, 6.45) is 0.740. The number of hydrogen-bond donors (Lipinski definition) is 3. The van der Waals surface area contributed by atoms with Crippen LogP contribution >= 0.6 is 0 Å². The molecule has 0 heterocycles. The maximum absolute atomic E-state index is 12.1. The van der Waals surface area contributed by atoms with Gasteiger partial charge >= 0.3 is 0 Å². The van der Waals surface area contributed by atoms with E-state index in [0.29, 0.717) is 13.2 Å². The quantitative estimate of drug-likeness (QED) is 0.521. The molecule has 6 nitrogen and oxygen atoms in total. The molecule has 20 heavy (non-hydrogen) atoms. The van der Waals surface area contributed by atoms with Gasteiger partial charge in [-0.15, -0.1) is 0 Å². The minimum absolute atomic E-state index is 0.0338. The summed E-state index contributed by atoms with van der Waals surface area (Å²) in [4.78, 5) is 0.0374. The molecule has 0 aromatic heterocycles. The van der Waals surface area contributed by atoms with Crippen molar-refractivity contribution in [3.05, 3.63) is 18.2 Å². The lowest BCUT2D eigenvalue weighted by atomic mass is 9.90. The van der Waals surface area contributed by atoms with Crippen LogP contribution < -0.4 is 10.5 Å². The van der Waals surface area contributed by atoms with Crippen molar-refractivity contribution < 1.29 is 18.3 Å². The molecule has 0 saturated carbocycles. The van der Waals surface area contributed by atoms with E-state index in [1.807, 2.05) is 13.8 Å². The number of rotatable bonds is 7. The minimum atomic E-state index is -3.64. The van der Waals surface area contributed by atoms with Crippen LogP contribution in [0.3, 0.4) is 0 Å². The molecule has 0 aliphatic heterocycles. The summed E-state index contributed by atoms with van der Waals surface area (Å²) < 4.78 is 31.8. The number of nitrogen functional groups attached to an aromatic ring is 1. The molecule has 0 spiro atoms. The lowest BCUT2D eigenvalue weighted by molar-refractivity contribution is 0.153. The molecule has 1 rings (SSSR count). The van der Waals surface area contributed by atoms with Gasteiger partial charge in [-0.1, -0.05) is 13.8 Å². The number of methoxy groups -OCH3 is 1. The molecule has 114 valence electrons. The molecule has 4 N–H and O–H groups in total. The normalized spacial score (nSPS) is 12.6. The molecular formula is C13H22N2O4S. The summed E-state index contributed by atoms with van der Waals surface area (Å²) >= 11 is 0. The molecule has 0 bridgehead atoms. The first kappa shape index (κ1) is 16.7. The number of nitrogens with one attached hydrogen (secondary N) is 1. The fourth-order valence-electron chi connectivity index (χ4n) is 1.54. The first-order chi connectivity index (χ1) is 9.18. The number of sulfonamides is 1. The molecule has 0 fully saturated rings. The molecule has 0 unspecified atom stereocenters. The van der Waals surface area contributed by atoms with E-state index in [0.717, 1.165) is 6.42 Å². The average molecular weight is 302 g/mol. The van der Waals surface area contributed by atoms with Crippen molar-refractivity contribution in [2.75, 3.05) is 26.0 Å². The molecule has 0 aliphatic rings. The minimum Gasteiger partial charge on any atom is -0.506 e. The molecule has 7 heteroatoms. The second-order valence-corrected chi connectivity index (χ2v) is 7.22. The Morgan fingerprint density at radius 2 is 2.05 bits per heavy atom. The maximum atomic E-state index is 12.1. The number of anilines is 1. The van der Waals surface area contributed by atoms with E-state index in [1.165, 1.54) is 18.2 Å². The van der Waals surface area contributed by atoms with Gasteiger partial charge in [-0.3, -0.25) is 0 Å². The van der Waals surface area contributed by atoms with Crippen molar-refractivity contribution in [3.63, 3.8) is 0 Å². The van der Waals surface area contributed by atoms with Gasteiger partial charge in [0.2, 0.25) is 10.0 Å². The van der Waals surface area contributed by atoms with Crippen molar-refractivity contribution in [2.24, 2.45) is 5.41 Å². The molecular weight excluding hydrogens is 280 g/mol. The Morgan fingerprint density at radius 3 is 2.60 bits per heavy atom. The number of nitrogens with two attached hydrogens (primary N) is 1. The smallest absolute Gasteiger partial charge is 0.240 e. The van der Waals surface area contributed by atoms with Crippen LogP contribution in [0.4, 0.5) is 5.69 Å². The third-order valence-electron chi connectivity index (χ3n) is 3.03. The lowest BCUT2D eigenvalue weighted by Gasteiger charge is -2.24. The van der Waals surface area contributed by atoms with Gasteiger partial charge in [0, 0.05) is 20.3 Å². The van der Waals surface area contributed by atoms with Crippen molar-refractivity contribution >= 4 is 15.7 Å². The van der Waals surface area contributed by atoms with Crippen LogP contribution in [0.25, 0.3) is 0 Å². The monoisotopic (exact) mass is 302 g/mol. The van der Waals surface area contributed by atoms with Gasteiger partial charge < -0.3 is 15.6 Å². The van der Waals surface area contributed by atoms with Crippen LogP contribution in [0, 0.1) is 5.41 Å². The highest BCUT2D eigenvalue weighted by Crippen LogP contribution is 2.24. The zero-order valence-corrected chi connectivity index (χ0v) is 12.8. The number of ether oxygens (including phenoxy) is 1. The maximum Gasteiger partial charge on any atom is 0.240 e. The molecule has 1 aromatic carbocycles. The highest BCUT2D eigenvalue weighted by Gasteiger charge is 2.22. The summed E-state index contributed by atoms with van der Waals surface area (Å²) in [6, 6.07) is 3.82. The SMILES string of the molecule is COCCC(C)(C)CNS(=O)(=O)c1ccc(O)c(N)c1. The van der Waals surface area contributed by atoms with Gasteiger partial charge in [-0.05, 0) is 30.0 Å². The van der Waals surface area contributed by atoms with E-state index in [2.05, 4.69) is 4.72 Å². The van der Waals surface area contributed by atoms with Crippen LogP contribution in [0.1, 0.15) is 20.3 Å². The molecule has 0 amide bonds. The largest absolute Gasteiger partial charge is 0.506 e. The number of phenolic OH excluding ortho intramolecular Hbond substituents is 1. The zero-order chi connectivity index (χ0) is 15.4. The number of phenols is 1. The van der Waals surface area contributed by atoms with Crippen LogP contribution in [-0.4, -0.2) is 33.8 Å². The van der Waals surface area contributed by atoms with Crippen molar-refractivity contribution in [1.82, 2.24) is 4.72 Å². The average Bonchev–Trinajstić information content (AvgIpc) is 2.37. The second-order valence-electron chi connectivity index (χ2n) is 5.45. The topological polar surface area (TPSA) is 102 Å². The summed E-state index contributed by atoms with van der Waals surface area (Å²) in [6.45, 7) is 4.78. The summed E-state index contributed by atoms with van der Waals surface area (Å²) in [7, 11) is -2.03. The van der Waals surface area contributed by atoms with Gasteiger partial charge in [0.1, 0.15) is 5.75 Å². The predicted molar refractivity (Wildman–Crippen MR) is 78.0 cm³/mol. The van der Waals surface area contributed by atoms with Crippen molar-refractivity contribution in [1.29, 1.82) is 0 Å². The van der Waals surface area contributed by atoms with Gasteiger partial charge in [0.05, 0.1) is 10.6 Å². The Hall–Kier alpha value is -1.31. The standard InChI is InChI=1S/C13H22N2O4S/c1-13(2,6-7-19-3)9-15-20(17,18)10-4-5-12(16)11(14)8-10/h4-5,8,15-16H,6-7,9,14H2,1-3H3. The van der Waals surface area contributed by atoms with Gasteiger partial charge in [0.25, 0.3) is 0 Å². The van der Waals surface area contributed by atoms with E-state index in [1.54, 1.807) is 7.11 Å². The molecule has 1 aromatic rings. The van der Waals surface area contributed by atoms with Crippen LogP contribution in [-0.2, 0) is 14.8 Å². The Bertz CT molecular complexity index is 555. The van der Waals surface area contributed by atoms with Crippen LogP contribution in [0.15, 0.2) is 23.1 Å². The number of hydrogen-bond acceptors (Lipinski definition) is 5. The zero-order valence-electron chi connectivity index (χ0n) is 12.0. The van der Waals surface area contributed by atoms with Crippen LogP contribution in [0.2, 0.25) is 0 Å². The predicted octanol–water partition coefficient (Wildman–Crippen LogP) is 1.32. The molecule has 0 atom stereocenters. The molecule has 0 saturated heterocycles. The third-order valence-corrected chi connectivity index (χ3v) is 4.43. The van der Waals surface area contributed by atoms with Gasteiger partial charge in [-0.2, -0.15) is 0 Å². The van der Waals surface area contributed by atoms with E-state index < -0.39 is 10.0 Å².